The second-order valence-electron chi connectivity index (χ2n) is 4.47. The Hall–Kier alpha value is -1.68. The summed E-state index contributed by atoms with van der Waals surface area (Å²) >= 11 is 1.66. The molecule has 4 heteroatoms. The van der Waals surface area contributed by atoms with Crippen LogP contribution in [0.15, 0.2) is 34.7 Å². The van der Waals surface area contributed by atoms with Crippen molar-refractivity contribution in [2.24, 2.45) is 0 Å². The highest BCUT2D eigenvalue weighted by Crippen LogP contribution is 2.18. The summed E-state index contributed by atoms with van der Waals surface area (Å²) in [6.45, 7) is 4.00. The van der Waals surface area contributed by atoms with Gasteiger partial charge in [-0.3, -0.25) is 4.79 Å². The van der Waals surface area contributed by atoms with Crippen LogP contribution in [0, 0.1) is 13.8 Å². The van der Waals surface area contributed by atoms with Crippen LogP contribution < -0.4 is 5.32 Å². The summed E-state index contributed by atoms with van der Waals surface area (Å²) in [5.41, 5.74) is 3.04. The smallest absolute Gasteiger partial charge is 0.291 e. The molecule has 0 aliphatic carbocycles. The molecule has 0 fully saturated rings. The molecule has 0 aliphatic rings. The number of nitrogens with one attached hydrogen (secondary N) is 1. The minimum Gasteiger partial charge on any atom is -0.455 e. The predicted molar refractivity (Wildman–Crippen MR) is 79.8 cm³/mol. The summed E-state index contributed by atoms with van der Waals surface area (Å²) in [5.74, 6) is 1.73. The maximum atomic E-state index is 12.1. The average molecular weight is 275 g/mol. The molecule has 0 unspecified atom stereocenters. The van der Waals surface area contributed by atoms with Gasteiger partial charge in [-0.2, -0.15) is 11.8 Å². The van der Waals surface area contributed by atoms with Crippen LogP contribution in [-0.4, -0.2) is 12.2 Å². The number of furan rings is 1. The SMILES string of the molecule is CSCc1ccc(C(=O)Nc2ccc(C)cc2C)o1. The third-order valence-electron chi connectivity index (χ3n) is 2.80. The number of hydrogen-bond acceptors (Lipinski definition) is 3. The molecule has 0 radical (unpaired) electrons. The first-order chi connectivity index (χ1) is 9.10. The molecule has 1 heterocycles. The van der Waals surface area contributed by atoms with Crippen LogP contribution in [0.4, 0.5) is 5.69 Å². The van der Waals surface area contributed by atoms with E-state index >= 15 is 0 Å². The molecule has 0 atom stereocenters. The Morgan fingerprint density at radius 2 is 2.05 bits per heavy atom. The van der Waals surface area contributed by atoms with Crippen LogP contribution in [-0.2, 0) is 5.75 Å². The normalized spacial score (nSPS) is 10.5. The van der Waals surface area contributed by atoms with Gasteiger partial charge in [-0.25, -0.2) is 0 Å². The molecule has 3 nitrogen and oxygen atoms in total. The molecule has 1 N–H and O–H groups in total. The third-order valence-corrected chi connectivity index (χ3v) is 3.38. The number of carbonyl (C=O) groups excluding carboxylic acids is 1. The molecule has 0 spiro atoms. The van der Waals surface area contributed by atoms with E-state index in [9.17, 15) is 4.79 Å². The molecular weight excluding hydrogens is 258 g/mol. The van der Waals surface area contributed by atoms with Gasteiger partial charge >= 0.3 is 0 Å². The van der Waals surface area contributed by atoms with E-state index in [1.807, 2.05) is 44.4 Å². The summed E-state index contributed by atoms with van der Waals surface area (Å²) in [7, 11) is 0. The number of hydrogen-bond donors (Lipinski definition) is 1. The van der Waals surface area contributed by atoms with Crippen molar-refractivity contribution in [3.63, 3.8) is 0 Å². The number of rotatable bonds is 4. The fourth-order valence-electron chi connectivity index (χ4n) is 1.86. The molecule has 2 aromatic rings. The summed E-state index contributed by atoms with van der Waals surface area (Å²) in [4.78, 5) is 12.1. The van der Waals surface area contributed by atoms with Crippen molar-refractivity contribution < 1.29 is 9.21 Å². The van der Waals surface area contributed by atoms with E-state index in [1.165, 1.54) is 5.56 Å². The first-order valence-electron chi connectivity index (χ1n) is 6.06. The van der Waals surface area contributed by atoms with Gasteiger partial charge < -0.3 is 9.73 Å². The Morgan fingerprint density at radius 3 is 2.74 bits per heavy atom. The first-order valence-corrected chi connectivity index (χ1v) is 7.46. The van der Waals surface area contributed by atoms with E-state index in [0.717, 1.165) is 22.8 Å². The molecule has 1 aromatic heterocycles. The molecule has 100 valence electrons. The number of anilines is 1. The number of thioether (sulfide) groups is 1. The highest BCUT2D eigenvalue weighted by molar-refractivity contribution is 7.97. The second kappa shape index (κ2) is 5.97. The van der Waals surface area contributed by atoms with Crippen molar-refractivity contribution in [3.05, 3.63) is 53.0 Å². The highest BCUT2D eigenvalue weighted by Gasteiger charge is 2.12. The van der Waals surface area contributed by atoms with Crippen LogP contribution in [0.5, 0.6) is 0 Å². The van der Waals surface area contributed by atoms with E-state index in [2.05, 4.69) is 5.32 Å². The van der Waals surface area contributed by atoms with Gasteiger partial charge in [0, 0.05) is 5.69 Å². The van der Waals surface area contributed by atoms with Gasteiger partial charge in [0.25, 0.3) is 5.91 Å². The summed E-state index contributed by atoms with van der Waals surface area (Å²) in [6, 6.07) is 9.48. The molecule has 0 aliphatic heterocycles. The lowest BCUT2D eigenvalue weighted by molar-refractivity contribution is 0.0995. The molecule has 1 amide bonds. The fraction of sp³-hybridized carbons (Fsp3) is 0.267. The maximum Gasteiger partial charge on any atom is 0.291 e. The van der Waals surface area contributed by atoms with Gasteiger partial charge in [0.2, 0.25) is 0 Å². The molecule has 19 heavy (non-hydrogen) atoms. The van der Waals surface area contributed by atoms with Gasteiger partial charge in [-0.1, -0.05) is 17.7 Å². The second-order valence-corrected chi connectivity index (χ2v) is 5.34. The monoisotopic (exact) mass is 275 g/mol. The van der Waals surface area contributed by atoms with Gasteiger partial charge in [0.15, 0.2) is 5.76 Å². The van der Waals surface area contributed by atoms with Gasteiger partial charge in [-0.15, -0.1) is 0 Å². The predicted octanol–water partition coefficient (Wildman–Crippen LogP) is 4.01. The Bertz CT molecular complexity index is 590. The lowest BCUT2D eigenvalue weighted by Gasteiger charge is -2.07. The lowest BCUT2D eigenvalue weighted by atomic mass is 10.1. The van der Waals surface area contributed by atoms with Gasteiger partial charge in [0.1, 0.15) is 5.76 Å². The fourth-order valence-corrected chi connectivity index (χ4v) is 2.30. The van der Waals surface area contributed by atoms with E-state index in [1.54, 1.807) is 17.8 Å². The molecule has 0 saturated carbocycles. The maximum absolute atomic E-state index is 12.1. The van der Waals surface area contributed by atoms with Crippen molar-refractivity contribution >= 4 is 23.4 Å². The minimum absolute atomic E-state index is 0.209. The number of carbonyl (C=O) groups is 1. The summed E-state index contributed by atoms with van der Waals surface area (Å²) in [5, 5.41) is 2.87. The standard InChI is InChI=1S/C15H17NO2S/c1-10-4-6-13(11(2)8-10)16-15(17)14-7-5-12(18-14)9-19-3/h4-8H,9H2,1-3H3,(H,16,17). The number of benzene rings is 1. The summed E-state index contributed by atoms with van der Waals surface area (Å²) in [6.07, 6.45) is 2.00. The third kappa shape index (κ3) is 3.41. The van der Waals surface area contributed by atoms with Crippen molar-refractivity contribution in [2.75, 3.05) is 11.6 Å². The molecule has 0 bridgehead atoms. The van der Waals surface area contributed by atoms with Crippen LogP contribution in [0.2, 0.25) is 0 Å². The topological polar surface area (TPSA) is 42.2 Å². The number of aryl methyl sites for hydroxylation is 2. The van der Waals surface area contributed by atoms with Crippen molar-refractivity contribution in [1.82, 2.24) is 0 Å². The van der Waals surface area contributed by atoms with E-state index < -0.39 is 0 Å². The zero-order valence-corrected chi connectivity index (χ0v) is 12.1. The lowest BCUT2D eigenvalue weighted by Crippen LogP contribution is -2.11. The van der Waals surface area contributed by atoms with E-state index in [0.29, 0.717) is 5.76 Å². The summed E-state index contributed by atoms with van der Waals surface area (Å²) < 4.78 is 5.49. The quantitative estimate of drug-likeness (QED) is 0.916. The van der Waals surface area contributed by atoms with E-state index in [-0.39, 0.29) is 5.91 Å². The average Bonchev–Trinajstić information content (AvgIpc) is 2.82. The van der Waals surface area contributed by atoms with Crippen LogP contribution in [0.1, 0.15) is 27.4 Å². The Morgan fingerprint density at radius 1 is 1.26 bits per heavy atom. The molecule has 0 saturated heterocycles. The van der Waals surface area contributed by atoms with Crippen LogP contribution in [0.3, 0.4) is 0 Å². The van der Waals surface area contributed by atoms with Crippen molar-refractivity contribution in [1.29, 1.82) is 0 Å². The molecule has 2 rings (SSSR count). The van der Waals surface area contributed by atoms with Crippen molar-refractivity contribution in [2.45, 2.75) is 19.6 Å². The first kappa shape index (κ1) is 13.7. The van der Waals surface area contributed by atoms with Crippen LogP contribution >= 0.6 is 11.8 Å². The molecule has 1 aromatic carbocycles. The molecular formula is C15H17NO2S. The van der Waals surface area contributed by atoms with Gasteiger partial charge in [0.05, 0.1) is 5.75 Å². The van der Waals surface area contributed by atoms with E-state index in [4.69, 9.17) is 4.42 Å². The number of amides is 1. The largest absolute Gasteiger partial charge is 0.455 e. The van der Waals surface area contributed by atoms with Crippen LogP contribution in [0.25, 0.3) is 0 Å². The Balaban J connectivity index is 2.11. The zero-order valence-electron chi connectivity index (χ0n) is 11.3. The van der Waals surface area contributed by atoms with Crippen molar-refractivity contribution in [3.8, 4) is 0 Å². The highest BCUT2D eigenvalue weighted by atomic mass is 32.2. The van der Waals surface area contributed by atoms with Gasteiger partial charge in [-0.05, 0) is 43.9 Å². The zero-order chi connectivity index (χ0) is 13.8. The minimum atomic E-state index is -0.209. The Labute approximate surface area is 117 Å². The Kier molecular flexibility index (Phi) is 4.32.